The van der Waals surface area contributed by atoms with Crippen LogP contribution in [0, 0.1) is 18.6 Å². The van der Waals surface area contributed by atoms with Crippen LogP contribution in [0.3, 0.4) is 0 Å². The number of nitrogens with one attached hydrogen (secondary N) is 2. The van der Waals surface area contributed by atoms with E-state index in [1.807, 2.05) is 0 Å². The van der Waals surface area contributed by atoms with E-state index in [4.69, 9.17) is 4.74 Å². The van der Waals surface area contributed by atoms with Gasteiger partial charge < -0.3 is 20.1 Å². The molecule has 1 amide bonds. The number of anilines is 1. The monoisotopic (exact) mass is 547 g/mol. The largest absolute Gasteiger partial charge is 0.573 e. The summed E-state index contributed by atoms with van der Waals surface area (Å²) in [5.41, 5.74) is 1.78. The zero-order valence-corrected chi connectivity index (χ0v) is 20.9. The number of ether oxygens (including phenoxy) is 2. The molecule has 0 saturated carbocycles. The number of halogens is 5. The molecule has 0 unspecified atom stereocenters. The second-order valence-electron chi connectivity index (χ2n) is 9.34. The van der Waals surface area contributed by atoms with E-state index in [2.05, 4.69) is 22.3 Å². The van der Waals surface area contributed by atoms with E-state index in [1.54, 1.807) is 6.07 Å². The van der Waals surface area contributed by atoms with E-state index in [0.29, 0.717) is 48.4 Å². The van der Waals surface area contributed by atoms with Crippen molar-refractivity contribution in [1.29, 1.82) is 0 Å². The maximum Gasteiger partial charge on any atom is 0.573 e. The Labute approximate surface area is 223 Å². The fraction of sp³-hybridized carbons (Fsp3) is 0.310. The lowest BCUT2D eigenvalue weighted by Crippen LogP contribution is -2.45. The molecule has 2 N–H and O–H groups in total. The molecule has 1 saturated heterocycles. The quantitative estimate of drug-likeness (QED) is 0.316. The first kappa shape index (κ1) is 28.5. The third-order valence-corrected chi connectivity index (χ3v) is 6.45. The van der Waals surface area contributed by atoms with Crippen molar-refractivity contribution in [3.8, 4) is 5.75 Å². The molecule has 1 aliphatic rings. The minimum atomic E-state index is -4.84. The van der Waals surface area contributed by atoms with Crippen molar-refractivity contribution in [2.24, 2.45) is 0 Å². The summed E-state index contributed by atoms with van der Waals surface area (Å²) in [6.45, 7) is 4.94. The molecule has 39 heavy (non-hydrogen) atoms. The molecule has 10 heteroatoms. The standard InChI is InChI=1S/C29H28F5N2O3/c1-18-17-38-23(16-35-18)13-14-24-26(31)3-2-4-27(24)36-28(37)15-25(19-5-9-21(30)10-6-19)20-7-11-22(12-8-20)39-29(32,33)34/h2-12,18,23,25,35H,1,13-17H2,(H,36,37)/t18-,23+,25-/m0/s1. The molecule has 5 nitrogen and oxygen atoms in total. The van der Waals surface area contributed by atoms with E-state index in [9.17, 15) is 26.7 Å². The van der Waals surface area contributed by atoms with E-state index in [1.165, 1.54) is 48.5 Å². The summed E-state index contributed by atoms with van der Waals surface area (Å²) < 4.78 is 75.7. The average molecular weight is 548 g/mol. The molecule has 3 atom stereocenters. The maximum atomic E-state index is 14.8. The Morgan fingerprint density at radius 3 is 2.33 bits per heavy atom. The molecule has 3 aromatic rings. The average Bonchev–Trinajstić information content (AvgIpc) is 2.88. The Morgan fingerprint density at radius 1 is 1.05 bits per heavy atom. The molecule has 0 spiro atoms. The number of carbonyl (C=O) groups excluding carboxylic acids is 1. The van der Waals surface area contributed by atoms with Gasteiger partial charge in [-0.2, -0.15) is 0 Å². The van der Waals surface area contributed by atoms with Crippen LogP contribution < -0.4 is 15.4 Å². The molecule has 1 fully saturated rings. The highest BCUT2D eigenvalue weighted by molar-refractivity contribution is 5.92. The summed E-state index contributed by atoms with van der Waals surface area (Å²) in [6, 6.07) is 15.1. The Bertz CT molecular complexity index is 1240. The van der Waals surface area contributed by atoms with Gasteiger partial charge in [0.1, 0.15) is 17.4 Å². The molecule has 207 valence electrons. The van der Waals surface area contributed by atoms with Crippen LogP contribution in [0.4, 0.5) is 27.6 Å². The molecular formula is C29H28F5N2O3. The van der Waals surface area contributed by atoms with Crippen molar-refractivity contribution in [1.82, 2.24) is 5.32 Å². The van der Waals surface area contributed by atoms with Crippen molar-refractivity contribution in [3.63, 3.8) is 0 Å². The minimum Gasteiger partial charge on any atom is -0.406 e. The van der Waals surface area contributed by atoms with Crippen LogP contribution >= 0.6 is 0 Å². The van der Waals surface area contributed by atoms with Crippen molar-refractivity contribution < 1.29 is 36.2 Å². The minimum absolute atomic E-state index is 0.00646. The second kappa shape index (κ2) is 12.6. The van der Waals surface area contributed by atoms with E-state index < -0.39 is 35.6 Å². The van der Waals surface area contributed by atoms with Crippen molar-refractivity contribution in [3.05, 3.63) is 102 Å². The van der Waals surface area contributed by atoms with E-state index >= 15 is 0 Å². The van der Waals surface area contributed by atoms with Gasteiger partial charge in [0.15, 0.2) is 0 Å². The maximum absolute atomic E-state index is 14.8. The first-order chi connectivity index (χ1) is 18.6. The zero-order valence-electron chi connectivity index (χ0n) is 20.9. The summed E-state index contributed by atoms with van der Waals surface area (Å²) in [5.74, 6) is -2.38. The number of morpholine rings is 1. The van der Waals surface area contributed by atoms with Crippen LogP contribution in [-0.2, 0) is 16.0 Å². The van der Waals surface area contributed by atoms with Crippen LogP contribution in [0.15, 0.2) is 66.7 Å². The number of rotatable bonds is 9. The number of hydrogen-bond acceptors (Lipinski definition) is 4. The van der Waals surface area contributed by atoms with Gasteiger partial charge in [-0.25, -0.2) is 8.78 Å². The molecule has 0 aliphatic carbocycles. The number of alkyl halides is 3. The number of benzene rings is 3. The van der Waals surface area contributed by atoms with E-state index in [-0.39, 0.29) is 18.6 Å². The third-order valence-electron chi connectivity index (χ3n) is 6.45. The topological polar surface area (TPSA) is 59.6 Å². The van der Waals surface area contributed by atoms with Crippen LogP contribution in [0.1, 0.15) is 35.4 Å². The molecule has 0 bridgehead atoms. The number of carbonyl (C=O) groups is 1. The molecule has 0 aromatic heterocycles. The predicted octanol–water partition coefficient (Wildman–Crippen LogP) is 6.15. The fourth-order valence-corrected chi connectivity index (χ4v) is 4.50. The highest BCUT2D eigenvalue weighted by Gasteiger charge is 2.31. The SMILES string of the molecule is [CH2][C@H]1CO[C@H](CCc2c(F)cccc2NC(=O)C[C@@H](c2ccc(F)cc2)c2ccc(OC(F)(F)F)cc2)CN1. The highest BCUT2D eigenvalue weighted by Crippen LogP contribution is 2.32. The Hall–Kier alpha value is -3.50. The molecule has 3 aromatic carbocycles. The van der Waals surface area contributed by atoms with Gasteiger partial charge in [-0.3, -0.25) is 4.79 Å². The summed E-state index contributed by atoms with van der Waals surface area (Å²) in [5, 5.41) is 5.99. The first-order valence-corrected chi connectivity index (χ1v) is 12.4. The number of amides is 1. The summed E-state index contributed by atoms with van der Waals surface area (Å²) in [6.07, 6.45) is -4.21. The lowest BCUT2D eigenvalue weighted by molar-refractivity contribution is -0.274. The van der Waals surface area contributed by atoms with Gasteiger partial charge in [-0.15, -0.1) is 13.2 Å². The highest BCUT2D eigenvalue weighted by atomic mass is 19.4. The molecular weight excluding hydrogens is 519 g/mol. The lowest BCUT2D eigenvalue weighted by Gasteiger charge is -2.28. The normalized spacial score (nSPS) is 18.4. The summed E-state index contributed by atoms with van der Waals surface area (Å²) >= 11 is 0. The molecule has 1 aliphatic heterocycles. The van der Waals surface area contributed by atoms with Gasteiger partial charge in [0.2, 0.25) is 5.91 Å². The predicted molar refractivity (Wildman–Crippen MR) is 136 cm³/mol. The van der Waals surface area contributed by atoms with Crippen LogP contribution in [0.5, 0.6) is 5.75 Å². The van der Waals surface area contributed by atoms with Crippen LogP contribution in [0.2, 0.25) is 0 Å². The van der Waals surface area contributed by atoms with E-state index in [0.717, 1.165) is 12.1 Å². The first-order valence-electron chi connectivity index (χ1n) is 12.4. The van der Waals surface area contributed by atoms with Gasteiger partial charge in [0.05, 0.1) is 12.7 Å². The Kier molecular flexibility index (Phi) is 9.19. The smallest absolute Gasteiger partial charge is 0.406 e. The van der Waals surface area contributed by atoms with Gasteiger partial charge >= 0.3 is 6.36 Å². The van der Waals surface area contributed by atoms with Crippen molar-refractivity contribution in [2.45, 2.75) is 43.7 Å². The van der Waals surface area contributed by atoms with Crippen molar-refractivity contribution >= 4 is 11.6 Å². The molecule has 1 radical (unpaired) electrons. The summed E-state index contributed by atoms with van der Waals surface area (Å²) in [7, 11) is 0. The third kappa shape index (κ3) is 8.24. The van der Waals surface area contributed by atoms with Crippen LogP contribution in [0.25, 0.3) is 0 Å². The molecule has 1 heterocycles. The van der Waals surface area contributed by atoms with Gasteiger partial charge in [0, 0.05) is 36.2 Å². The van der Waals surface area contributed by atoms with Crippen LogP contribution in [-0.4, -0.2) is 37.6 Å². The summed E-state index contributed by atoms with van der Waals surface area (Å²) in [4.78, 5) is 13.2. The fourth-order valence-electron chi connectivity index (χ4n) is 4.50. The van der Waals surface area contributed by atoms with Gasteiger partial charge in [-0.05, 0) is 67.3 Å². The van der Waals surface area contributed by atoms with Gasteiger partial charge in [0.25, 0.3) is 0 Å². The van der Waals surface area contributed by atoms with Gasteiger partial charge in [-0.1, -0.05) is 30.3 Å². The number of hydrogen-bond donors (Lipinski definition) is 2. The zero-order chi connectivity index (χ0) is 28.0. The lowest BCUT2D eigenvalue weighted by atomic mass is 9.88. The molecule has 4 rings (SSSR count). The second-order valence-corrected chi connectivity index (χ2v) is 9.34. The Morgan fingerprint density at radius 2 is 1.72 bits per heavy atom. The Balaban J connectivity index is 1.50. The van der Waals surface area contributed by atoms with Crippen molar-refractivity contribution in [2.75, 3.05) is 18.5 Å².